The average Bonchev–Trinajstić information content (AvgIpc) is 3.64. The van der Waals surface area contributed by atoms with Crippen molar-refractivity contribution in [1.82, 2.24) is 30.0 Å². The molecule has 10 heteroatoms. The number of H-pyrrole nitrogens is 1. The molecule has 1 fully saturated rings. The number of aromatic nitrogens is 5. The van der Waals surface area contributed by atoms with Crippen molar-refractivity contribution in [2.24, 2.45) is 0 Å². The van der Waals surface area contributed by atoms with E-state index in [2.05, 4.69) is 44.1 Å². The average molecular weight is 597 g/mol. The number of nitrogens with zero attached hydrogens (tertiary/aromatic N) is 5. The Bertz CT molecular complexity index is 1790. The van der Waals surface area contributed by atoms with E-state index < -0.39 is 11.6 Å². The third kappa shape index (κ3) is 5.34. The van der Waals surface area contributed by atoms with Crippen molar-refractivity contribution in [3.63, 3.8) is 0 Å². The second kappa shape index (κ2) is 11.1. The van der Waals surface area contributed by atoms with Crippen molar-refractivity contribution in [1.29, 1.82) is 0 Å². The molecule has 43 heavy (non-hydrogen) atoms. The monoisotopic (exact) mass is 596 g/mol. The Morgan fingerprint density at radius 2 is 1.91 bits per heavy atom. The molecule has 0 spiro atoms. The molecule has 0 amide bonds. The first-order chi connectivity index (χ1) is 20.9. The molecule has 2 aliphatic heterocycles. The lowest BCUT2D eigenvalue weighted by Crippen LogP contribution is -2.34. The van der Waals surface area contributed by atoms with Crippen LogP contribution in [0.15, 0.2) is 73.2 Å². The Balaban J connectivity index is 1.01. The molecular weight excluding hydrogens is 567 g/mol. The van der Waals surface area contributed by atoms with Gasteiger partial charge in [-0.3, -0.25) is 20.0 Å². The number of benzene rings is 2. The van der Waals surface area contributed by atoms with Gasteiger partial charge in [-0.25, -0.2) is 9.37 Å². The van der Waals surface area contributed by atoms with Crippen LogP contribution in [-0.2, 0) is 12.3 Å². The van der Waals surface area contributed by atoms with Gasteiger partial charge in [-0.15, -0.1) is 0 Å². The number of rotatable bonds is 6. The minimum absolute atomic E-state index is 0.309. The summed E-state index contributed by atoms with van der Waals surface area (Å²) in [5, 5.41) is 7.72. The molecule has 0 saturated carbocycles. The SMILES string of the molecule is Cc1cc(-c2n[nH]c(-c3cccnc3)n2)cnc1CN1CCC(c2cccc3c2O[C@](C)(c2ccc(Cl)cc2F)O3)CC1. The van der Waals surface area contributed by atoms with Crippen LogP contribution in [0.1, 0.15) is 48.1 Å². The Morgan fingerprint density at radius 1 is 1.05 bits per heavy atom. The van der Waals surface area contributed by atoms with Gasteiger partial charge in [-0.05, 0) is 86.8 Å². The van der Waals surface area contributed by atoms with Crippen molar-refractivity contribution < 1.29 is 13.9 Å². The lowest BCUT2D eigenvalue weighted by atomic mass is 9.88. The predicted molar refractivity (Wildman–Crippen MR) is 161 cm³/mol. The highest BCUT2D eigenvalue weighted by Gasteiger charge is 2.43. The fourth-order valence-electron chi connectivity index (χ4n) is 5.96. The number of para-hydroxylation sites is 1. The molecule has 7 rings (SSSR count). The minimum Gasteiger partial charge on any atom is -0.444 e. The molecule has 0 bridgehead atoms. The molecule has 1 atom stereocenters. The number of hydrogen-bond acceptors (Lipinski definition) is 7. The first kappa shape index (κ1) is 27.5. The first-order valence-electron chi connectivity index (χ1n) is 14.3. The highest BCUT2D eigenvalue weighted by Crippen LogP contribution is 2.49. The molecule has 3 aromatic heterocycles. The number of halogens is 2. The van der Waals surface area contributed by atoms with Crippen molar-refractivity contribution in [3.05, 3.63) is 106 Å². The topological polar surface area (TPSA) is 89.0 Å². The number of pyridine rings is 2. The quantitative estimate of drug-likeness (QED) is 0.225. The lowest BCUT2D eigenvalue weighted by molar-refractivity contribution is -0.0712. The Hall–Kier alpha value is -4.34. The molecule has 5 heterocycles. The van der Waals surface area contributed by atoms with Gasteiger partial charge in [-0.2, -0.15) is 5.10 Å². The Labute approximate surface area is 253 Å². The molecular formula is C33H30ClFN6O2. The fraction of sp³-hybridized carbons (Fsp3) is 0.273. The third-order valence-electron chi connectivity index (χ3n) is 8.30. The summed E-state index contributed by atoms with van der Waals surface area (Å²) in [5.74, 6) is 1.22. The van der Waals surface area contributed by atoms with E-state index in [4.69, 9.17) is 26.1 Å². The molecule has 1 N–H and O–H groups in total. The van der Waals surface area contributed by atoms with Gasteiger partial charge in [0.1, 0.15) is 5.82 Å². The van der Waals surface area contributed by atoms with Gasteiger partial charge in [0.2, 0.25) is 0 Å². The van der Waals surface area contributed by atoms with E-state index in [0.717, 1.165) is 60.4 Å². The zero-order chi connectivity index (χ0) is 29.6. The molecule has 2 aromatic carbocycles. The van der Waals surface area contributed by atoms with Crippen LogP contribution in [-0.4, -0.2) is 43.1 Å². The van der Waals surface area contributed by atoms with Gasteiger partial charge >= 0.3 is 0 Å². The number of ether oxygens (including phenoxy) is 2. The van der Waals surface area contributed by atoms with Crippen LogP contribution in [0.3, 0.4) is 0 Å². The van der Waals surface area contributed by atoms with Crippen molar-refractivity contribution in [3.8, 4) is 34.3 Å². The molecule has 2 aliphatic rings. The minimum atomic E-state index is -1.26. The maximum Gasteiger partial charge on any atom is 0.278 e. The fourth-order valence-corrected chi connectivity index (χ4v) is 6.12. The van der Waals surface area contributed by atoms with E-state index in [1.165, 1.54) is 6.07 Å². The summed E-state index contributed by atoms with van der Waals surface area (Å²) in [7, 11) is 0. The highest BCUT2D eigenvalue weighted by atomic mass is 35.5. The van der Waals surface area contributed by atoms with Crippen LogP contribution in [0.4, 0.5) is 4.39 Å². The van der Waals surface area contributed by atoms with E-state index in [9.17, 15) is 4.39 Å². The second-order valence-electron chi connectivity index (χ2n) is 11.2. The molecule has 5 aromatic rings. The van der Waals surface area contributed by atoms with Crippen molar-refractivity contribution >= 4 is 11.6 Å². The Morgan fingerprint density at radius 3 is 2.67 bits per heavy atom. The van der Waals surface area contributed by atoms with E-state index in [-0.39, 0.29) is 0 Å². The van der Waals surface area contributed by atoms with E-state index in [0.29, 0.717) is 39.7 Å². The van der Waals surface area contributed by atoms with E-state index >= 15 is 0 Å². The predicted octanol–water partition coefficient (Wildman–Crippen LogP) is 7.05. The lowest BCUT2D eigenvalue weighted by Gasteiger charge is -2.32. The van der Waals surface area contributed by atoms with Crippen molar-refractivity contribution in [2.75, 3.05) is 13.1 Å². The molecule has 0 unspecified atom stereocenters. The highest BCUT2D eigenvalue weighted by molar-refractivity contribution is 6.30. The van der Waals surface area contributed by atoms with Crippen LogP contribution >= 0.6 is 11.6 Å². The summed E-state index contributed by atoms with van der Waals surface area (Å²) in [6.07, 6.45) is 7.27. The van der Waals surface area contributed by atoms with Crippen LogP contribution in [0, 0.1) is 12.7 Å². The number of likely N-dealkylation sites (tertiary alicyclic amines) is 1. The van der Waals surface area contributed by atoms with Crippen LogP contribution in [0.2, 0.25) is 5.02 Å². The number of nitrogens with one attached hydrogen (secondary N) is 1. The summed E-state index contributed by atoms with van der Waals surface area (Å²) in [4.78, 5) is 16.0. The van der Waals surface area contributed by atoms with E-state index in [1.807, 2.05) is 30.5 Å². The second-order valence-corrected chi connectivity index (χ2v) is 11.7. The third-order valence-corrected chi connectivity index (χ3v) is 8.53. The maximum absolute atomic E-state index is 14.8. The summed E-state index contributed by atoms with van der Waals surface area (Å²) in [5.41, 5.74) is 5.33. The van der Waals surface area contributed by atoms with Gasteiger partial charge in [0.05, 0.1) is 11.3 Å². The molecule has 1 saturated heterocycles. The summed E-state index contributed by atoms with van der Waals surface area (Å²) >= 11 is 5.97. The van der Waals surface area contributed by atoms with Gasteiger partial charge in [0.25, 0.3) is 5.79 Å². The number of fused-ring (bicyclic) bond motifs is 1. The molecule has 0 radical (unpaired) electrons. The number of aromatic amines is 1. The number of hydrogen-bond donors (Lipinski definition) is 1. The maximum atomic E-state index is 14.8. The van der Waals surface area contributed by atoms with Crippen LogP contribution < -0.4 is 9.47 Å². The van der Waals surface area contributed by atoms with E-state index in [1.54, 1.807) is 31.5 Å². The largest absolute Gasteiger partial charge is 0.444 e. The van der Waals surface area contributed by atoms with Gasteiger partial charge in [0.15, 0.2) is 23.1 Å². The first-order valence-corrected chi connectivity index (χ1v) is 14.7. The van der Waals surface area contributed by atoms with Crippen molar-refractivity contribution in [2.45, 2.75) is 44.9 Å². The standard InChI is InChI=1S/C33H30ClFN6O2/c1-20-15-23(32-38-31(39-40-32)22-5-4-12-36-17-22)18-37-28(20)19-41-13-10-21(11-14-41)25-6-3-7-29-30(25)43-33(2,42-29)26-9-8-24(34)16-27(26)35/h3-9,12,15-18,21H,10-11,13-14,19H2,1-2H3,(H,38,39,40)/t33-/m1/s1. The summed E-state index contributed by atoms with van der Waals surface area (Å²) in [6.45, 7) is 6.45. The molecule has 0 aliphatic carbocycles. The summed E-state index contributed by atoms with van der Waals surface area (Å²) in [6, 6.07) is 16.4. The zero-order valence-electron chi connectivity index (χ0n) is 23.8. The van der Waals surface area contributed by atoms with Gasteiger partial charge < -0.3 is 9.47 Å². The van der Waals surface area contributed by atoms with Crippen LogP contribution in [0.25, 0.3) is 22.8 Å². The number of piperidine rings is 1. The van der Waals surface area contributed by atoms with Gasteiger partial charge in [0, 0.05) is 53.8 Å². The van der Waals surface area contributed by atoms with Gasteiger partial charge in [-0.1, -0.05) is 23.7 Å². The normalized spacial score (nSPS) is 18.7. The van der Waals surface area contributed by atoms with Crippen LogP contribution in [0.5, 0.6) is 11.5 Å². The smallest absolute Gasteiger partial charge is 0.278 e. The Kier molecular flexibility index (Phi) is 7.07. The summed E-state index contributed by atoms with van der Waals surface area (Å²) < 4.78 is 27.3. The molecule has 8 nitrogen and oxygen atoms in total. The number of aryl methyl sites for hydroxylation is 1. The molecule has 218 valence electrons. The zero-order valence-corrected chi connectivity index (χ0v) is 24.6.